The molecule has 0 bridgehead atoms. The molecule has 8 heteroatoms. The van der Waals surface area contributed by atoms with Gasteiger partial charge in [-0.3, -0.25) is 4.79 Å². The highest BCUT2D eigenvalue weighted by Crippen LogP contribution is 2.18. The van der Waals surface area contributed by atoms with Crippen LogP contribution in [0.4, 0.5) is 4.39 Å². The molecule has 106 valence electrons. The van der Waals surface area contributed by atoms with E-state index in [1.54, 1.807) is 0 Å². The zero-order valence-corrected chi connectivity index (χ0v) is 11.5. The smallest absolute Gasteiger partial charge is 0.251 e. The lowest BCUT2D eigenvalue weighted by Gasteiger charge is -2.14. The second-order valence-corrected chi connectivity index (χ2v) is 4.62. The number of amides is 1. The molecule has 1 heterocycles. The average Bonchev–Trinajstić information content (AvgIpc) is 2.95. The molecule has 20 heavy (non-hydrogen) atoms. The predicted octanol–water partition coefficient (Wildman–Crippen LogP) is 2.26. The maximum atomic E-state index is 13.1. The molecular weight excluding hydrogens is 285 g/mol. The maximum Gasteiger partial charge on any atom is 0.251 e. The Morgan fingerprint density at radius 3 is 2.95 bits per heavy atom. The Morgan fingerprint density at radius 1 is 1.55 bits per heavy atom. The molecule has 0 saturated heterocycles. The number of nitrogens with zero attached hydrogens (tertiary/aromatic N) is 3. The van der Waals surface area contributed by atoms with Crippen molar-refractivity contribution >= 4 is 17.5 Å². The minimum absolute atomic E-state index is 0.0933. The Bertz CT molecular complexity index is 590. The number of rotatable bonds is 5. The van der Waals surface area contributed by atoms with Crippen molar-refractivity contribution in [1.29, 1.82) is 0 Å². The first-order valence-corrected chi connectivity index (χ1v) is 6.49. The summed E-state index contributed by atoms with van der Waals surface area (Å²) < 4.78 is 13.1. The van der Waals surface area contributed by atoms with Gasteiger partial charge >= 0.3 is 0 Å². The second-order valence-electron chi connectivity index (χ2n) is 4.21. The number of hydrogen-bond acceptors (Lipinski definition) is 4. The standard InChI is InChI=1S/C12H13ClFN5O/c1-2-3-10(11-16-18-19-17-11)15-12(20)7-4-5-9(14)8(13)6-7/h4-6,10H,2-3H2,1H3,(H,15,20)(H,16,17,18,19). The van der Waals surface area contributed by atoms with Gasteiger partial charge in [0.15, 0.2) is 5.82 Å². The topological polar surface area (TPSA) is 83.6 Å². The van der Waals surface area contributed by atoms with Crippen molar-refractivity contribution in [3.63, 3.8) is 0 Å². The highest BCUT2D eigenvalue weighted by atomic mass is 35.5. The summed E-state index contributed by atoms with van der Waals surface area (Å²) in [6.07, 6.45) is 1.50. The van der Waals surface area contributed by atoms with Gasteiger partial charge in [-0.1, -0.05) is 30.2 Å². The number of hydrogen-bond donors (Lipinski definition) is 2. The van der Waals surface area contributed by atoms with Gasteiger partial charge in [-0.15, -0.1) is 10.2 Å². The molecule has 2 N–H and O–H groups in total. The fourth-order valence-corrected chi connectivity index (χ4v) is 1.93. The zero-order chi connectivity index (χ0) is 14.5. The molecule has 1 aromatic heterocycles. The first-order valence-electron chi connectivity index (χ1n) is 6.11. The number of benzene rings is 1. The molecule has 1 atom stereocenters. The molecule has 0 saturated carbocycles. The van der Waals surface area contributed by atoms with Gasteiger partial charge in [0.05, 0.1) is 11.1 Å². The van der Waals surface area contributed by atoms with Crippen molar-refractivity contribution in [1.82, 2.24) is 25.9 Å². The third-order valence-corrected chi connectivity index (χ3v) is 3.03. The largest absolute Gasteiger partial charge is 0.342 e. The molecule has 0 aliphatic heterocycles. The Morgan fingerprint density at radius 2 is 2.35 bits per heavy atom. The zero-order valence-electron chi connectivity index (χ0n) is 10.7. The average molecular weight is 298 g/mol. The summed E-state index contributed by atoms with van der Waals surface area (Å²) in [5, 5.41) is 16.2. The van der Waals surface area contributed by atoms with E-state index in [-0.39, 0.29) is 22.5 Å². The fourth-order valence-electron chi connectivity index (χ4n) is 1.75. The van der Waals surface area contributed by atoms with E-state index in [9.17, 15) is 9.18 Å². The number of H-pyrrole nitrogens is 1. The lowest BCUT2D eigenvalue weighted by Crippen LogP contribution is -2.29. The van der Waals surface area contributed by atoms with Crippen LogP contribution in [-0.2, 0) is 0 Å². The maximum absolute atomic E-state index is 13.1. The number of tetrazole rings is 1. The highest BCUT2D eigenvalue weighted by molar-refractivity contribution is 6.31. The van der Waals surface area contributed by atoms with Gasteiger partial charge in [0.25, 0.3) is 5.91 Å². The summed E-state index contributed by atoms with van der Waals surface area (Å²) in [4.78, 5) is 12.1. The lowest BCUT2D eigenvalue weighted by molar-refractivity contribution is 0.0932. The van der Waals surface area contributed by atoms with E-state index in [4.69, 9.17) is 11.6 Å². The monoisotopic (exact) mass is 297 g/mol. The van der Waals surface area contributed by atoms with Crippen LogP contribution in [0.2, 0.25) is 5.02 Å². The van der Waals surface area contributed by atoms with Crippen molar-refractivity contribution in [2.75, 3.05) is 0 Å². The van der Waals surface area contributed by atoms with Crippen LogP contribution >= 0.6 is 11.6 Å². The van der Waals surface area contributed by atoms with Crippen LogP contribution in [0.25, 0.3) is 0 Å². The van der Waals surface area contributed by atoms with Gasteiger partial charge in [0, 0.05) is 5.56 Å². The van der Waals surface area contributed by atoms with Crippen molar-refractivity contribution in [2.45, 2.75) is 25.8 Å². The molecule has 2 aromatic rings. The summed E-state index contributed by atoms with van der Waals surface area (Å²) in [7, 11) is 0. The Hall–Kier alpha value is -2.02. The minimum atomic E-state index is -0.563. The molecule has 0 aliphatic carbocycles. The van der Waals surface area contributed by atoms with Gasteiger partial charge in [-0.2, -0.15) is 5.21 Å². The molecule has 1 aromatic carbocycles. The molecule has 6 nitrogen and oxygen atoms in total. The van der Waals surface area contributed by atoms with E-state index >= 15 is 0 Å². The molecule has 0 aliphatic rings. The third-order valence-electron chi connectivity index (χ3n) is 2.74. The number of carbonyl (C=O) groups is 1. The third kappa shape index (κ3) is 3.30. The van der Waals surface area contributed by atoms with E-state index in [0.717, 1.165) is 12.5 Å². The van der Waals surface area contributed by atoms with Crippen LogP contribution < -0.4 is 5.32 Å². The SMILES string of the molecule is CCCC(NC(=O)c1ccc(F)c(Cl)c1)c1nn[nH]n1. The molecular formula is C12H13ClFN5O. The van der Waals surface area contributed by atoms with Crippen molar-refractivity contribution in [3.8, 4) is 0 Å². The first-order chi connectivity index (χ1) is 9.61. The van der Waals surface area contributed by atoms with Gasteiger partial charge in [-0.05, 0) is 24.6 Å². The predicted molar refractivity (Wildman–Crippen MR) is 70.7 cm³/mol. The Kier molecular flexibility index (Phi) is 4.62. The summed E-state index contributed by atoms with van der Waals surface area (Å²) in [6.45, 7) is 1.98. The van der Waals surface area contributed by atoms with Crippen molar-refractivity contribution < 1.29 is 9.18 Å². The van der Waals surface area contributed by atoms with Gasteiger partial charge in [0.2, 0.25) is 0 Å². The minimum Gasteiger partial charge on any atom is -0.342 e. The Balaban J connectivity index is 2.13. The highest BCUT2D eigenvalue weighted by Gasteiger charge is 2.19. The number of halogens is 2. The molecule has 0 radical (unpaired) electrons. The molecule has 2 rings (SSSR count). The van der Waals surface area contributed by atoms with E-state index in [1.165, 1.54) is 12.1 Å². The van der Waals surface area contributed by atoms with Crippen LogP contribution in [0.15, 0.2) is 18.2 Å². The van der Waals surface area contributed by atoms with Crippen LogP contribution in [0, 0.1) is 5.82 Å². The summed E-state index contributed by atoms with van der Waals surface area (Å²) >= 11 is 5.66. The van der Waals surface area contributed by atoms with Crippen LogP contribution in [0.1, 0.15) is 42.0 Å². The van der Waals surface area contributed by atoms with E-state index < -0.39 is 5.82 Å². The summed E-state index contributed by atoms with van der Waals surface area (Å²) in [6, 6.07) is 3.46. The van der Waals surface area contributed by atoms with Gasteiger partial charge in [-0.25, -0.2) is 4.39 Å². The number of aromatic amines is 1. The normalized spacial score (nSPS) is 12.2. The van der Waals surface area contributed by atoms with Gasteiger partial charge in [0.1, 0.15) is 5.82 Å². The van der Waals surface area contributed by atoms with E-state index in [2.05, 4.69) is 25.9 Å². The molecule has 1 amide bonds. The first kappa shape index (κ1) is 14.4. The van der Waals surface area contributed by atoms with E-state index in [1.807, 2.05) is 6.92 Å². The summed E-state index contributed by atoms with van der Waals surface area (Å²) in [5.74, 6) is -0.518. The molecule has 0 fully saturated rings. The van der Waals surface area contributed by atoms with Crippen LogP contribution in [-0.4, -0.2) is 26.5 Å². The van der Waals surface area contributed by atoms with E-state index in [0.29, 0.717) is 12.2 Å². The number of nitrogens with one attached hydrogen (secondary N) is 2. The quantitative estimate of drug-likeness (QED) is 0.886. The van der Waals surface area contributed by atoms with Gasteiger partial charge < -0.3 is 5.32 Å². The lowest BCUT2D eigenvalue weighted by atomic mass is 10.1. The van der Waals surface area contributed by atoms with Crippen molar-refractivity contribution in [3.05, 3.63) is 40.4 Å². The van der Waals surface area contributed by atoms with Crippen molar-refractivity contribution in [2.24, 2.45) is 0 Å². The van der Waals surface area contributed by atoms with Crippen LogP contribution in [0.3, 0.4) is 0 Å². The molecule has 1 unspecified atom stereocenters. The fraction of sp³-hybridized carbons (Fsp3) is 0.333. The number of aromatic nitrogens is 4. The molecule has 0 spiro atoms. The number of carbonyl (C=O) groups excluding carboxylic acids is 1. The second kappa shape index (κ2) is 6.42. The summed E-state index contributed by atoms with van der Waals surface area (Å²) in [5.41, 5.74) is 0.279. The van der Waals surface area contributed by atoms with Crippen LogP contribution in [0.5, 0.6) is 0 Å². The Labute approximate surface area is 119 Å².